The van der Waals surface area contributed by atoms with Gasteiger partial charge in [0.1, 0.15) is 10.6 Å². The van der Waals surface area contributed by atoms with Gasteiger partial charge in [0, 0.05) is 0 Å². The number of unbranched alkanes of at least 4 members (excludes halogenated alkanes) is 3. The predicted octanol–water partition coefficient (Wildman–Crippen LogP) is 4.70. The van der Waals surface area contributed by atoms with Crippen LogP contribution in [-0.2, 0) is 15.4 Å². The Balaban J connectivity index is 3.08. The van der Waals surface area contributed by atoms with Crippen molar-refractivity contribution in [2.75, 3.05) is 6.61 Å². The second kappa shape index (κ2) is 8.69. The molecule has 0 saturated carbocycles. The zero-order valence-electron chi connectivity index (χ0n) is 14.8. The zero-order chi connectivity index (χ0) is 17.5. The molecule has 4 nitrogen and oxygen atoms in total. The highest BCUT2D eigenvalue weighted by molar-refractivity contribution is 7.89. The van der Waals surface area contributed by atoms with Crippen LogP contribution in [-0.4, -0.2) is 15.0 Å². The highest BCUT2D eigenvalue weighted by Crippen LogP contribution is 2.34. The zero-order valence-corrected chi connectivity index (χ0v) is 15.6. The van der Waals surface area contributed by atoms with Crippen molar-refractivity contribution in [3.63, 3.8) is 0 Å². The molecule has 1 N–H and O–H groups in total. The van der Waals surface area contributed by atoms with Crippen LogP contribution in [0.5, 0.6) is 5.75 Å². The molecule has 23 heavy (non-hydrogen) atoms. The molecule has 1 rings (SSSR count). The van der Waals surface area contributed by atoms with Gasteiger partial charge in [0.2, 0.25) is 0 Å². The van der Waals surface area contributed by atoms with E-state index in [1.807, 2.05) is 13.0 Å². The van der Waals surface area contributed by atoms with E-state index < -0.39 is 10.0 Å². The average molecular weight is 341 g/mol. The minimum Gasteiger partial charge on any atom is -0.492 e. The van der Waals surface area contributed by atoms with Crippen molar-refractivity contribution in [1.82, 2.24) is 5.14 Å². The molecule has 131 valence electrons. The highest BCUT2D eigenvalue weighted by atomic mass is 32.2. The van der Waals surface area contributed by atoms with Crippen molar-refractivity contribution in [3.8, 4) is 5.75 Å². The molecule has 0 aliphatic rings. The lowest BCUT2D eigenvalue weighted by atomic mass is 9.80. The highest BCUT2D eigenvalue weighted by Gasteiger charge is 2.24. The summed E-state index contributed by atoms with van der Waals surface area (Å²) in [6.07, 6.45) is 6.28. The fourth-order valence-electron chi connectivity index (χ4n) is 2.55. The molecule has 0 unspecified atom stereocenters. The van der Waals surface area contributed by atoms with Crippen LogP contribution in [0.15, 0.2) is 23.1 Å². The SMILES string of the molecule is CCCCCC(C)(C)c1ccc(OCCCC)c(S([NH])(=O)=O)c1. The third-order valence-electron chi connectivity index (χ3n) is 4.18. The molecule has 0 spiro atoms. The van der Waals surface area contributed by atoms with Gasteiger partial charge < -0.3 is 4.74 Å². The maximum atomic E-state index is 11.8. The Morgan fingerprint density at radius 3 is 2.30 bits per heavy atom. The molecule has 0 fully saturated rings. The van der Waals surface area contributed by atoms with Crippen LogP contribution in [0.4, 0.5) is 0 Å². The van der Waals surface area contributed by atoms with Gasteiger partial charge >= 0.3 is 0 Å². The lowest BCUT2D eigenvalue weighted by molar-refractivity contribution is 0.301. The topological polar surface area (TPSA) is 67.2 Å². The number of benzene rings is 1. The smallest absolute Gasteiger partial charge is 0.257 e. The molecule has 5 heteroatoms. The molecule has 0 amide bonds. The summed E-state index contributed by atoms with van der Waals surface area (Å²) >= 11 is 0. The number of rotatable bonds is 10. The Morgan fingerprint density at radius 1 is 1.09 bits per heavy atom. The number of ether oxygens (including phenoxy) is 1. The summed E-state index contributed by atoms with van der Waals surface area (Å²) in [5.74, 6) is 0.293. The lowest BCUT2D eigenvalue weighted by Gasteiger charge is -2.26. The molecule has 0 atom stereocenters. The number of nitrogens with one attached hydrogen (secondary N) is 1. The largest absolute Gasteiger partial charge is 0.492 e. The lowest BCUT2D eigenvalue weighted by Crippen LogP contribution is -2.18. The Morgan fingerprint density at radius 2 is 1.74 bits per heavy atom. The maximum Gasteiger partial charge on any atom is 0.257 e. The quantitative estimate of drug-likeness (QED) is 0.580. The van der Waals surface area contributed by atoms with Crippen molar-refractivity contribution in [3.05, 3.63) is 23.8 Å². The van der Waals surface area contributed by atoms with E-state index in [2.05, 4.69) is 20.8 Å². The van der Waals surface area contributed by atoms with Crippen LogP contribution in [0.3, 0.4) is 0 Å². The van der Waals surface area contributed by atoms with Crippen molar-refractivity contribution in [1.29, 1.82) is 0 Å². The summed E-state index contributed by atoms with van der Waals surface area (Å²) in [5.41, 5.74) is 0.832. The van der Waals surface area contributed by atoms with E-state index >= 15 is 0 Å². The third-order valence-corrected chi connectivity index (χ3v) is 5.07. The van der Waals surface area contributed by atoms with Gasteiger partial charge in [0.05, 0.1) is 6.61 Å². The molecule has 0 aliphatic carbocycles. The fraction of sp³-hybridized carbons (Fsp3) is 0.667. The predicted molar refractivity (Wildman–Crippen MR) is 94.3 cm³/mol. The van der Waals surface area contributed by atoms with Gasteiger partial charge in [-0.1, -0.05) is 59.4 Å². The van der Waals surface area contributed by atoms with E-state index in [0.29, 0.717) is 12.4 Å². The van der Waals surface area contributed by atoms with Crippen LogP contribution in [0.1, 0.15) is 71.8 Å². The molecule has 1 aromatic carbocycles. The molecule has 0 bridgehead atoms. The van der Waals surface area contributed by atoms with E-state index in [9.17, 15) is 8.42 Å². The minimum absolute atomic E-state index is 0.0188. The fourth-order valence-corrected chi connectivity index (χ4v) is 3.22. The van der Waals surface area contributed by atoms with Gasteiger partial charge in [-0.05, 0) is 36.0 Å². The van der Waals surface area contributed by atoms with E-state index in [-0.39, 0.29) is 10.3 Å². The Kier molecular flexibility index (Phi) is 7.55. The molecule has 0 heterocycles. The first-order valence-corrected chi connectivity index (χ1v) is 9.97. The Labute approximate surface area is 141 Å². The van der Waals surface area contributed by atoms with E-state index in [1.54, 1.807) is 12.1 Å². The summed E-state index contributed by atoms with van der Waals surface area (Å²) in [7, 11) is -4.05. The summed E-state index contributed by atoms with van der Waals surface area (Å²) < 4.78 is 29.2. The molecule has 1 aromatic rings. The van der Waals surface area contributed by atoms with Crippen molar-refractivity contribution in [2.45, 2.75) is 76.5 Å². The van der Waals surface area contributed by atoms with Gasteiger partial charge in [-0.3, -0.25) is 0 Å². The molecule has 0 saturated heterocycles. The normalized spacial score (nSPS) is 12.4. The Bertz CT molecular complexity index is 594. The van der Waals surface area contributed by atoms with Crippen molar-refractivity contribution >= 4 is 10.0 Å². The van der Waals surface area contributed by atoms with Crippen LogP contribution in [0.2, 0.25) is 0 Å². The van der Waals surface area contributed by atoms with E-state index in [0.717, 1.165) is 37.7 Å². The first-order valence-electron chi connectivity index (χ1n) is 8.49. The minimum atomic E-state index is -4.05. The van der Waals surface area contributed by atoms with Crippen molar-refractivity contribution < 1.29 is 13.2 Å². The first-order chi connectivity index (χ1) is 10.7. The van der Waals surface area contributed by atoms with Gasteiger partial charge in [0.25, 0.3) is 10.0 Å². The molecule has 0 aromatic heterocycles. The van der Waals surface area contributed by atoms with Crippen molar-refractivity contribution in [2.24, 2.45) is 0 Å². The number of hydrogen-bond acceptors (Lipinski definition) is 3. The maximum absolute atomic E-state index is 11.8. The van der Waals surface area contributed by atoms with Crippen LogP contribution in [0.25, 0.3) is 0 Å². The van der Waals surface area contributed by atoms with Gasteiger partial charge in [-0.25, -0.2) is 8.42 Å². The van der Waals surface area contributed by atoms with Crippen LogP contribution >= 0.6 is 0 Å². The standard InChI is InChI=1S/C18H30NO3S/c1-5-7-9-12-18(3,4)15-10-11-16(22-13-8-6-2)17(14-15)23(19,20)21/h10-11,14,19H,5-9,12-13H2,1-4H3. The van der Waals surface area contributed by atoms with Gasteiger partial charge in [-0.15, -0.1) is 5.14 Å². The second-order valence-corrected chi connectivity index (χ2v) is 8.15. The van der Waals surface area contributed by atoms with Gasteiger partial charge in [0.15, 0.2) is 0 Å². The number of hydrogen-bond donors (Lipinski definition) is 0. The summed E-state index contributed by atoms with van der Waals surface area (Å²) in [6.45, 7) is 8.93. The van der Waals surface area contributed by atoms with Gasteiger partial charge in [-0.2, -0.15) is 0 Å². The molecule has 0 aliphatic heterocycles. The molecular weight excluding hydrogens is 310 g/mol. The third kappa shape index (κ3) is 6.15. The second-order valence-electron chi connectivity index (χ2n) is 6.71. The summed E-state index contributed by atoms with van der Waals surface area (Å²) in [4.78, 5) is -0.0188. The van der Waals surface area contributed by atoms with Crippen LogP contribution in [0, 0.1) is 0 Å². The van der Waals surface area contributed by atoms with Crippen LogP contribution < -0.4 is 9.88 Å². The summed E-state index contributed by atoms with van der Waals surface area (Å²) in [6, 6.07) is 5.26. The number of sulfonamides is 1. The van der Waals surface area contributed by atoms with E-state index in [4.69, 9.17) is 9.88 Å². The molecule has 1 radical (unpaired) electrons. The van der Waals surface area contributed by atoms with E-state index in [1.165, 1.54) is 6.42 Å². The molecular formula is C18H30NO3S. The summed E-state index contributed by atoms with van der Waals surface area (Å²) in [5, 5.41) is 7.46. The first kappa shape index (κ1) is 20.0. The Hall–Kier alpha value is -1.07. The monoisotopic (exact) mass is 340 g/mol. The average Bonchev–Trinajstić information content (AvgIpc) is 2.46.